The predicted molar refractivity (Wildman–Crippen MR) is 106 cm³/mol. The van der Waals surface area contributed by atoms with E-state index in [-0.39, 0.29) is 42.4 Å². The number of benzene rings is 2. The molecule has 1 heterocycles. The molecule has 1 saturated heterocycles. The molecule has 1 N–H and O–H groups in total. The lowest BCUT2D eigenvalue weighted by Crippen LogP contribution is -2.17. The highest BCUT2D eigenvalue weighted by Crippen LogP contribution is 2.29. The summed E-state index contributed by atoms with van der Waals surface area (Å²) in [4.78, 5) is 23.0. The van der Waals surface area contributed by atoms with Gasteiger partial charge in [0.15, 0.2) is 10.9 Å². The Hall–Kier alpha value is -2.52. The van der Waals surface area contributed by atoms with Gasteiger partial charge < -0.3 is 14.6 Å². The topological polar surface area (TPSA) is 72.8 Å². The Morgan fingerprint density at radius 2 is 1.63 bits per heavy atom. The highest BCUT2D eigenvalue weighted by atomic mass is 32.2. The van der Waals surface area contributed by atoms with Gasteiger partial charge in [0.1, 0.15) is 24.2 Å². The molecule has 9 heteroatoms. The van der Waals surface area contributed by atoms with Crippen LogP contribution in [0.15, 0.2) is 48.5 Å². The Morgan fingerprint density at radius 3 is 2.17 bits per heavy atom. The number of alkyl halides is 3. The Bertz CT molecular complexity index is 866. The van der Waals surface area contributed by atoms with Crippen LogP contribution in [0.25, 0.3) is 0 Å². The van der Waals surface area contributed by atoms with E-state index in [1.54, 1.807) is 24.3 Å². The molecule has 0 bridgehead atoms. The normalized spacial score (nSPS) is 17.4. The molecule has 1 aliphatic rings. The van der Waals surface area contributed by atoms with Crippen LogP contribution in [0.4, 0.5) is 13.2 Å². The van der Waals surface area contributed by atoms with Gasteiger partial charge in [0.25, 0.3) is 0 Å². The Balaban J connectivity index is 0.00000320. The molecule has 2 aromatic carbocycles. The van der Waals surface area contributed by atoms with E-state index >= 15 is 0 Å². The first kappa shape index (κ1) is 23.8. The van der Waals surface area contributed by atoms with Crippen LogP contribution in [0.2, 0.25) is 0 Å². The third-order valence-corrected chi connectivity index (χ3v) is 5.32. The zero-order valence-corrected chi connectivity index (χ0v) is 15.8. The average Bonchev–Trinajstić information content (AvgIpc) is 2.97. The van der Waals surface area contributed by atoms with Crippen molar-refractivity contribution in [1.29, 1.82) is 0 Å². The monoisotopic (exact) mass is 442 g/mol. The molecule has 0 spiro atoms. The number of rotatable bonds is 7. The SMILES string of the molecule is C.O=C1CC(=O)C(Cc2ccc(OC[C@@H](O)c3ccc(OC(F)(F)F)cc3)cc2)S1. The number of carbonyl (C=O) groups is 2. The quantitative estimate of drug-likeness (QED) is 0.638. The largest absolute Gasteiger partial charge is 0.573 e. The van der Waals surface area contributed by atoms with Gasteiger partial charge in [-0.1, -0.05) is 43.5 Å². The molecule has 162 valence electrons. The molecule has 0 amide bonds. The second kappa shape index (κ2) is 9.99. The van der Waals surface area contributed by atoms with Crippen molar-refractivity contribution in [2.24, 2.45) is 0 Å². The molecule has 0 radical (unpaired) electrons. The third kappa shape index (κ3) is 6.77. The number of Topliss-reactive ketones (excluding diaryl/α,β-unsaturated/α-hetero) is 1. The van der Waals surface area contributed by atoms with Gasteiger partial charge in [0, 0.05) is 0 Å². The number of aliphatic hydroxyl groups excluding tert-OH is 1. The first-order chi connectivity index (χ1) is 13.7. The molecule has 1 fully saturated rings. The standard InChI is InChI=1S/C20H17F3O5S.CH4/c21-20(22,23)28-15-7-3-13(4-8-15)17(25)11-27-14-5-1-12(2-6-14)9-18-16(24)10-19(26)29-18;/h1-8,17-18,25H,9-11H2;1H4/t17-,18?;/m1./s1. The average molecular weight is 442 g/mol. The van der Waals surface area contributed by atoms with E-state index in [2.05, 4.69) is 4.74 Å². The van der Waals surface area contributed by atoms with Gasteiger partial charge in [-0.15, -0.1) is 13.2 Å². The number of hydrogen-bond acceptors (Lipinski definition) is 6. The smallest absolute Gasteiger partial charge is 0.491 e. The van der Waals surface area contributed by atoms with Crippen molar-refractivity contribution in [3.8, 4) is 11.5 Å². The Morgan fingerprint density at radius 1 is 1.03 bits per heavy atom. The predicted octanol–water partition coefficient (Wildman–Crippen LogP) is 4.48. The van der Waals surface area contributed by atoms with Crippen molar-refractivity contribution in [3.05, 3.63) is 59.7 Å². The number of carbonyl (C=O) groups excluding carboxylic acids is 2. The summed E-state index contributed by atoms with van der Waals surface area (Å²) < 4.78 is 45.8. The molecular weight excluding hydrogens is 421 g/mol. The zero-order chi connectivity index (χ0) is 21.0. The van der Waals surface area contributed by atoms with Crippen LogP contribution in [0.5, 0.6) is 11.5 Å². The maximum absolute atomic E-state index is 12.2. The van der Waals surface area contributed by atoms with Crippen molar-refractivity contribution in [2.75, 3.05) is 6.61 Å². The number of ketones is 1. The van der Waals surface area contributed by atoms with Crippen molar-refractivity contribution in [1.82, 2.24) is 0 Å². The highest BCUT2D eigenvalue weighted by molar-refractivity contribution is 8.15. The fourth-order valence-electron chi connectivity index (χ4n) is 2.78. The summed E-state index contributed by atoms with van der Waals surface area (Å²) in [6.45, 7) is -0.0930. The number of aliphatic hydroxyl groups is 1. The van der Waals surface area contributed by atoms with Gasteiger partial charge in [0.2, 0.25) is 0 Å². The van der Waals surface area contributed by atoms with E-state index < -0.39 is 12.5 Å². The van der Waals surface area contributed by atoms with Gasteiger partial charge in [-0.3, -0.25) is 9.59 Å². The van der Waals surface area contributed by atoms with Gasteiger partial charge in [-0.05, 0) is 41.8 Å². The number of halogens is 3. The van der Waals surface area contributed by atoms with Crippen molar-refractivity contribution in [3.63, 3.8) is 0 Å². The van der Waals surface area contributed by atoms with Crippen molar-refractivity contribution in [2.45, 2.75) is 38.0 Å². The van der Waals surface area contributed by atoms with Crippen LogP contribution in [0.1, 0.15) is 31.1 Å². The second-order valence-electron chi connectivity index (χ2n) is 6.41. The summed E-state index contributed by atoms with van der Waals surface area (Å²) in [5, 5.41) is 9.69. The lowest BCUT2D eigenvalue weighted by molar-refractivity contribution is -0.274. The van der Waals surface area contributed by atoms with Crippen molar-refractivity contribution < 1.29 is 37.3 Å². The molecular formula is C21H21F3O5S. The summed E-state index contributed by atoms with van der Waals surface area (Å²) >= 11 is 1.06. The lowest BCUT2D eigenvalue weighted by Gasteiger charge is -2.14. The summed E-state index contributed by atoms with van der Waals surface area (Å²) in [6.07, 6.45) is -5.36. The van der Waals surface area contributed by atoms with E-state index in [9.17, 15) is 27.9 Å². The molecule has 0 aliphatic carbocycles. The molecule has 1 unspecified atom stereocenters. The molecule has 30 heavy (non-hydrogen) atoms. The van der Waals surface area contributed by atoms with Gasteiger partial charge >= 0.3 is 6.36 Å². The number of hydrogen-bond donors (Lipinski definition) is 1. The first-order valence-corrected chi connectivity index (χ1v) is 9.55. The summed E-state index contributed by atoms with van der Waals surface area (Å²) in [6, 6.07) is 11.8. The van der Waals surface area contributed by atoms with Crippen LogP contribution in [-0.4, -0.2) is 34.2 Å². The summed E-state index contributed by atoms with van der Waals surface area (Å²) in [5.41, 5.74) is 1.27. The van der Waals surface area contributed by atoms with E-state index in [1.807, 2.05) is 0 Å². The minimum Gasteiger partial charge on any atom is -0.491 e. The first-order valence-electron chi connectivity index (χ1n) is 8.67. The van der Waals surface area contributed by atoms with E-state index in [0.29, 0.717) is 17.7 Å². The molecule has 0 aromatic heterocycles. The molecule has 5 nitrogen and oxygen atoms in total. The Labute approximate surface area is 176 Å². The van der Waals surface area contributed by atoms with Crippen LogP contribution in [0.3, 0.4) is 0 Å². The highest BCUT2D eigenvalue weighted by Gasteiger charge is 2.32. The maximum Gasteiger partial charge on any atom is 0.573 e. The number of thioether (sulfide) groups is 1. The van der Waals surface area contributed by atoms with E-state index in [4.69, 9.17) is 4.74 Å². The second-order valence-corrected chi connectivity index (χ2v) is 7.67. The van der Waals surface area contributed by atoms with Gasteiger partial charge in [0.05, 0.1) is 11.7 Å². The van der Waals surface area contributed by atoms with Gasteiger partial charge in [-0.25, -0.2) is 0 Å². The minimum atomic E-state index is -4.77. The molecule has 0 saturated carbocycles. The summed E-state index contributed by atoms with van der Waals surface area (Å²) in [7, 11) is 0. The number of ether oxygens (including phenoxy) is 2. The fraction of sp³-hybridized carbons (Fsp3) is 0.333. The van der Waals surface area contributed by atoms with Crippen LogP contribution < -0.4 is 9.47 Å². The zero-order valence-electron chi connectivity index (χ0n) is 15.0. The van der Waals surface area contributed by atoms with Gasteiger partial charge in [-0.2, -0.15) is 0 Å². The molecule has 3 rings (SSSR count). The maximum atomic E-state index is 12.2. The van der Waals surface area contributed by atoms with Crippen LogP contribution >= 0.6 is 11.8 Å². The molecule has 2 aromatic rings. The minimum absolute atomic E-state index is 0. The van der Waals surface area contributed by atoms with E-state index in [1.165, 1.54) is 12.1 Å². The fourth-order valence-corrected chi connectivity index (χ4v) is 3.81. The molecule has 1 aliphatic heterocycles. The van der Waals surface area contributed by atoms with Crippen molar-refractivity contribution >= 4 is 22.7 Å². The Kier molecular flexibility index (Phi) is 7.91. The van der Waals surface area contributed by atoms with Crippen LogP contribution in [-0.2, 0) is 16.0 Å². The van der Waals surface area contributed by atoms with Crippen LogP contribution in [0, 0.1) is 0 Å². The third-order valence-electron chi connectivity index (χ3n) is 4.20. The molecule has 2 atom stereocenters. The van der Waals surface area contributed by atoms with E-state index in [0.717, 1.165) is 29.5 Å². The summed E-state index contributed by atoms with van der Waals surface area (Å²) in [5.74, 6) is 0.0620. The lowest BCUT2D eigenvalue weighted by atomic mass is 10.1.